The summed E-state index contributed by atoms with van der Waals surface area (Å²) in [6.07, 6.45) is 0.191. The second kappa shape index (κ2) is 9.65. The largest absolute Gasteiger partial charge is 0.377 e. The third-order valence-corrected chi connectivity index (χ3v) is 4.48. The molecule has 0 unspecified atom stereocenters. The molecule has 0 aliphatic carbocycles. The van der Waals surface area contributed by atoms with Gasteiger partial charge in [-0.2, -0.15) is 0 Å². The molecular weight excluding hydrogens is 389 g/mol. The van der Waals surface area contributed by atoms with Gasteiger partial charge in [-0.05, 0) is 48.7 Å². The first-order valence-electron chi connectivity index (χ1n) is 8.08. The van der Waals surface area contributed by atoms with E-state index in [9.17, 15) is 9.18 Å². The zero-order valence-electron chi connectivity index (χ0n) is 13.9. The molecule has 0 heterocycles. The van der Waals surface area contributed by atoms with Crippen molar-refractivity contribution in [1.82, 2.24) is 5.48 Å². The lowest BCUT2D eigenvalue weighted by molar-refractivity contribution is -0.132. The Bertz CT molecular complexity index is 693. The number of carbonyl (C=O) groups excluding carboxylic acids is 1. The van der Waals surface area contributed by atoms with Gasteiger partial charge in [0.05, 0.1) is 12.5 Å². The second-order valence-corrected chi connectivity index (χ2v) is 6.64. The minimum atomic E-state index is -0.514. The van der Waals surface area contributed by atoms with E-state index in [0.717, 1.165) is 15.6 Å². The van der Waals surface area contributed by atoms with Gasteiger partial charge in [0.2, 0.25) is 5.91 Å². The lowest BCUT2D eigenvalue weighted by Crippen LogP contribution is -2.31. The summed E-state index contributed by atoms with van der Waals surface area (Å²) in [6.45, 7) is 2.28. The molecule has 0 aliphatic rings. The number of nitrogens with one attached hydrogen (secondary N) is 1. The quantitative estimate of drug-likeness (QED) is 0.506. The Morgan fingerprint density at radius 2 is 2.00 bits per heavy atom. The summed E-state index contributed by atoms with van der Waals surface area (Å²) in [4.78, 5) is 11.7. The molecule has 2 atom stereocenters. The molecule has 0 radical (unpaired) electrons. The van der Waals surface area contributed by atoms with Crippen LogP contribution in [-0.4, -0.2) is 23.8 Å². The summed E-state index contributed by atoms with van der Waals surface area (Å²) in [5.74, 6) is -0.988. The topological polar surface area (TPSA) is 58.6 Å². The highest BCUT2D eigenvalue weighted by molar-refractivity contribution is 9.10. The van der Waals surface area contributed by atoms with Gasteiger partial charge in [0.15, 0.2) is 0 Å². The van der Waals surface area contributed by atoms with Crippen LogP contribution in [-0.2, 0) is 16.0 Å². The summed E-state index contributed by atoms with van der Waals surface area (Å²) in [5, 5.41) is 8.86. The van der Waals surface area contributed by atoms with Gasteiger partial charge < -0.3 is 4.74 Å². The van der Waals surface area contributed by atoms with Crippen molar-refractivity contribution in [3.8, 4) is 0 Å². The van der Waals surface area contributed by atoms with Gasteiger partial charge in [0.1, 0.15) is 5.82 Å². The summed E-state index contributed by atoms with van der Waals surface area (Å²) < 4.78 is 20.1. The predicted molar refractivity (Wildman–Crippen MR) is 96.9 cm³/mol. The maximum atomic E-state index is 13.3. The zero-order chi connectivity index (χ0) is 18.2. The van der Waals surface area contributed by atoms with Crippen molar-refractivity contribution in [3.63, 3.8) is 0 Å². The molecule has 2 aromatic rings. The molecule has 4 nitrogen and oxygen atoms in total. The molecular formula is C19H21BrFNO3. The monoisotopic (exact) mass is 409 g/mol. The highest BCUT2D eigenvalue weighted by atomic mass is 79.9. The van der Waals surface area contributed by atoms with E-state index in [-0.39, 0.29) is 18.2 Å². The fourth-order valence-corrected chi connectivity index (χ4v) is 3.30. The van der Waals surface area contributed by atoms with Crippen LogP contribution in [0.15, 0.2) is 53.0 Å². The van der Waals surface area contributed by atoms with Crippen molar-refractivity contribution in [1.29, 1.82) is 0 Å². The fourth-order valence-electron chi connectivity index (χ4n) is 2.85. The standard InChI is InChI=1S/C19H21BrFNO3/c1-2-25-18(12-19(23)22-24)17(14-6-8-16(21)9-7-14)11-13-4-3-5-15(20)10-13/h3-10,17-18,24H,2,11-12H2,1H3,(H,22,23)/t17-,18-/m1/s1. The molecule has 0 saturated heterocycles. The Labute approximate surface area is 155 Å². The molecule has 0 aromatic heterocycles. The minimum Gasteiger partial charge on any atom is -0.377 e. The van der Waals surface area contributed by atoms with Gasteiger partial charge in [-0.15, -0.1) is 0 Å². The molecule has 0 aliphatic heterocycles. The van der Waals surface area contributed by atoms with Crippen LogP contribution in [0.4, 0.5) is 4.39 Å². The Morgan fingerprint density at radius 1 is 1.28 bits per heavy atom. The summed E-state index contributed by atoms with van der Waals surface area (Å²) in [7, 11) is 0. The van der Waals surface area contributed by atoms with Crippen LogP contribution < -0.4 is 5.48 Å². The summed E-state index contributed by atoms with van der Waals surface area (Å²) in [6, 6.07) is 14.1. The van der Waals surface area contributed by atoms with E-state index in [2.05, 4.69) is 15.9 Å². The lowest BCUT2D eigenvalue weighted by atomic mass is 9.85. The molecule has 1 amide bonds. The number of hydrogen-bond donors (Lipinski definition) is 2. The maximum absolute atomic E-state index is 13.3. The third kappa shape index (κ3) is 5.92. The van der Waals surface area contributed by atoms with Gasteiger partial charge in [-0.1, -0.05) is 40.2 Å². The van der Waals surface area contributed by atoms with Gasteiger partial charge in [-0.3, -0.25) is 10.0 Å². The van der Waals surface area contributed by atoms with E-state index in [0.29, 0.717) is 13.0 Å². The average molecular weight is 410 g/mol. The van der Waals surface area contributed by atoms with E-state index >= 15 is 0 Å². The molecule has 0 saturated carbocycles. The summed E-state index contributed by atoms with van der Waals surface area (Å²) >= 11 is 3.46. The van der Waals surface area contributed by atoms with Gasteiger partial charge in [-0.25, -0.2) is 9.87 Å². The minimum absolute atomic E-state index is 0.0143. The van der Waals surface area contributed by atoms with Gasteiger partial charge >= 0.3 is 0 Å². The van der Waals surface area contributed by atoms with Crippen molar-refractivity contribution in [3.05, 3.63) is 69.9 Å². The highest BCUT2D eigenvalue weighted by Crippen LogP contribution is 2.29. The normalized spacial score (nSPS) is 13.3. The van der Waals surface area contributed by atoms with Crippen molar-refractivity contribution in [2.24, 2.45) is 0 Å². The Balaban J connectivity index is 2.34. The summed E-state index contributed by atoms with van der Waals surface area (Å²) in [5.41, 5.74) is 3.60. The van der Waals surface area contributed by atoms with Gasteiger partial charge in [0, 0.05) is 17.0 Å². The van der Waals surface area contributed by atoms with Crippen molar-refractivity contribution >= 4 is 21.8 Å². The third-order valence-electron chi connectivity index (χ3n) is 3.98. The molecule has 25 heavy (non-hydrogen) atoms. The van der Waals surface area contributed by atoms with E-state index in [1.165, 1.54) is 12.1 Å². The second-order valence-electron chi connectivity index (χ2n) is 5.72. The van der Waals surface area contributed by atoms with Crippen LogP contribution in [0, 0.1) is 5.82 Å². The first-order chi connectivity index (χ1) is 12.0. The van der Waals surface area contributed by atoms with Crippen molar-refractivity contribution in [2.75, 3.05) is 6.61 Å². The van der Waals surface area contributed by atoms with Crippen LogP contribution >= 0.6 is 15.9 Å². The van der Waals surface area contributed by atoms with Crippen molar-refractivity contribution in [2.45, 2.75) is 31.8 Å². The SMILES string of the molecule is CCO[C@H](CC(=O)NO)[C@H](Cc1cccc(Br)c1)c1ccc(F)cc1. The number of halogens is 2. The molecule has 0 spiro atoms. The number of benzene rings is 2. The lowest BCUT2D eigenvalue weighted by Gasteiger charge is -2.27. The van der Waals surface area contributed by atoms with E-state index in [1.807, 2.05) is 31.2 Å². The molecule has 6 heteroatoms. The van der Waals surface area contributed by atoms with Crippen LogP contribution in [0.2, 0.25) is 0 Å². The molecule has 2 N–H and O–H groups in total. The number of ether oxygens (including phenoxy) is 1. The van der Waals surface area contributed by atoms with E-state index in [4.69, 9.17) is 9.94 Å². The van der Waals surface area contributed by atoms with Gasteiger partial charge in [0.25, 0.3) is 0 Å². The van der Waals surface area contributed by atoms with E-state index < -0.39 is 12.0 Å². The Kier molecular flexibility index (Phi) is 7.55. The maximum Gasteiger partial charge on any atom is 0.245 e. The highest BCUT2D eigenvalue weighted by Gasteiger charge is 2.26. The van der Waals surface area contributed by atoms with E-state index in [1.54, 1.807) is 17.6 Å². The number of rotatable bonds is 8. The van der Waals surface area contributed by atoms with Crippen molar-refractivity contribution < 1.29 is 19.1 Å². The average Bonchev–Trinajstić information content (AvgIpc) is 2.60. The first kappa shape index (κ1) is 19.6. The van der Waals surface area contributed by atoms with Crippen LogP contribution in [0.1, 0.15) is 30.4 Å². The number of carbonyl (C=O) groups is 1. The Hall–Kier alpha value is -1.76. The molecule has 2 aromatic carbocycles. The van der Waals surface area contributed by atoms with Crippen LogP contribution in [0.3, 0.4) is 0 Å². The Morgan fingerprint density at radius 3 is 2.60 bits per heavy atom. The van der Waals surface area contributed by atoms with Crippen LogP contribution in [0.25, 0.3) is 0 Å². The molecule has 2 rings (SSSR count). The number of hydroxylamine groups is 1. The number of amides is 1. The first-order valence-corrected chi connectivity index (χ1v) is 8.87. The fraction of sp³-hybridized carbons (Fsp3) is 0.316. The molecule has 0 bridgehead atoms. The molecule has 0 fully saturated rings. The molecule has 134 valence electrons. The van der Waals surface area contributed by atoms with Crippen LogP contribution in [0.5, 0.6) is 0 Å². The number of hydrogen-bond acceptors (Lipinski definition) is 3. The zero-order valence-corrected chi connectivity index (χ0v) is 15.5. The predicted octanol–water partition coefficient (Wildman–Crippen LogP) is 4.22. The smallest absolute Gasteiger partial charge is 0.245 e.